The highest BCUT2D eigenvalue weighted by atomic mass is 19.4. The molecule has 0 fully saturated rings. The molecular weight excluding hydrogens is 515 g/mol. The van der Waals surface area contributed by atoms with Crippen molar-refractivity contribution in [2.24, 2.45) is 10.9 Å². The predicted molar refractivity (Wildman–Crippen MR) is 137 cm³/mol. The van der Waals surface area contributed by atoms with Crippen molar-refractivity contribution in [1.82, 2.24) is 19.7 Å². The number of hydrogen-bond acceptors (Lipinski definition) is 8. The van der Waals surface area contributed by atoms with Gasteiger partial charge in [-0.25, -0.2) is 9.67 Å². The fourth-order valence-electron chi connectivity index (χ4n) is 4.07. The van der Waals surface area contributed by atoms with Gasteiger partial charge in [0.2, 0.25) is 17.9 Å². The molecule has 4 N–H and O–H groups in total. The number of nitrogens with zero attached hydrogens (tertiary/aromatic N) is 5. The van der Waals surface area contributed by atoms with Gasteiger partial charge in [0.15, 0.2) is 0 Å². The molecule has 0 bridgehead atoms. The molecule has 2 aromatic heterocycles. The fourth-order valence-corrected chi connectivity index (χ4v) is 4.07. The summed E-state index contributed by atoms with van der Waals surface area (Å²) >= 11 is 0. The van der Waals surface area contributed by atoms with Gasteiger partial charge in [0.25, 0.3) is 0 Å². The summed E-state index contributed by atoms with van der Waals surface area (Å²) in [5.41, 5.74) is 14.2. The second-order valence-corrected chi connectivity index (χ2v) is 8.82. The molecule has 0 saturated carbocycles. The molecule has 2 atom stereocenters. The summed E-state index contributed by atoms with van der Waals surface area (Å²) in [5, 5.41) is 6.64. The van der Waals surface area contributed by atoms with Gasteiger partial charge in [-0.05, 0) is 38.0 Å². The van der Waals surface area contributed by atoms with Crippen LogP contribution in [0.25, 0.3) is 16.9 Å². The summed E-state index contributed by atoms with van der Waals surface area (Å²) in [6, 6.07) is 14.4. The Morgan fingerprint density at radius 1 is 1.08 bits per heavy atom. The number of aryl methyl sites for hydroxylation is 2. The molecule has 10 nitrogen and oxygen atoms in total. The van der Waals surface area contributed by atoms with Gasteiger partial charge < -0.3 is 16.2 Å². The van der Waals surface area contributed by atoms with E-state index >= 15 is 0 Å². The van der Waals surface area contributed by atoms with E-state index in [4.69, 9.17) is 16.2 Å². The second-order valence-electron chi connectivity index (χ2n) is 8.82. The van der Waals surface area contributed by atoms with Crippen LogP contribution in [0.5, 0.6) is 5.88 Å². The minimum absolute atomic E-state index is 0.0764. The molecule has 2 unspecified atom stereocenters. The maximum Gasteiger partial charge on any atom is 0.429 e. The molecule has 0 aliphatic carbocycles. The number of hydrogen-bond donors (Lipinski definition) is 2. The number of nitroso groups, excluding NO2 is 1. The Hall–Kier alpha value is -4.65. The van der Waals surface area contributed by atoms with E-state index in [-0.39, 0.29) is 35.2 Å². The van der Waals surface area contributed by atoms with E-state index in [1.165, 1.54) is 28.9 Å². The van der Waals surface area contributed by atoms with E-state index in [9.17, 15) is 22.9 Å². The smallest absolute Gasteiger partial charge is 0.429 e. The largest absolute Gasteiger partial charge is 0.459 e. The Morgan fingerprint density at radius 2 is 1.77 bits per heavy atom. The zero-order valence-corrected chi connectivity index (χ0v) is 20.9. The highest BCUT2D eigenvalue weighted by Gasteiger charge is 2.45. The van der Waals surface area contributed by atoms with Crippen molar-refractivity contribution in [1.29, 1.82) is 0 Å². The number of aromatic nitrogens is 4. The Kier molecular flexibility index (Phi) is 7.72. The van der Waals surface area contributed by atoms with E-state index in [0.29, 0.717) is 22.5 Å². The molecule has 2 aromatic carbocycles. The first-order chi connectivity index (χ1) is 18.5. The van der Waals surface area contributed by atoms with E-state index < -0.39 is 24.2 Å². The molecule has 39 heavy (non-hydrogen) atoms. The highest BCUT2D eigenvalue weighted by molar-refractivity contribution is 5.82. The maximum absolute atomic E-state index is 14.4. The number of amides is 1. The first-order valence-corrected chi connectivity index (χ1v) is 11.7. The third kappa shape index (κ3) is 6.26. The van der Waals surface area contributed by atoms with Crippen molar-refractivity contribution in [3.05, 3.63) is 88.1 Å². The van der Waals surface area contributed by atoms with Crippen LogP contribution in [0.1, 0.15) is 28.6 Å². The molecule has 4 aromatic rings. The van der Waals surface area contributed by atoms with E-state index in [2.05, 4.69) is 20.2 Å². The van der Waals surface area contributed by atoms with Gasteiger partial charge in [-0.2, -0.15) is 23.3 Å². The molecule has 0 radical (unpaired) electrons. The number of rotatable bonds is 8. The summed E-state index contributed by atoms with van der Waals surface area (Å²) in [6.45, 7) is 3.49. The van der Waals surface area contributed by atoms with Crippen LogP contribution < -0.4 is 16.2 Å². The van der Waals surface area contributed by atoms with E-state index in [1.807, 2.05) is 0 Å². The van der Waals surface area contributed by atoms with Crippen LogP contribution in [0.4, 0.5) is 19.1 Å². The SMILES string of the molecule is Cc1cc(C)n(-c2ccccc2C(Oc2cc(-c3ccc(CC(N)C(=O)N=O)cc3)nc(N)n2)C(F)(F)F)n1. The van der Waals surface area contributed by atoms with Crippen molar-refractivity contribution >= 4 is 11.9 Å². The summed E-state index contributed by atoms with van der Waals surface area (Å²) < 4.78 is 49.9. The summed E-state index contributed by atoms with van der Waals surface area (Å²) in [6.07, 6.45) is -7.11. The lowest BCUT2D eigenvalue weighted by Crippen LogP contribution is -2.31. The average Bonchev–Trinajstić information content (AvgIpc) is 3.23. The Morgan fingerprint density at radius 3 is 2.38 bits per heavy atom. The third-order valence-corrected chi connectivity index (χ3v) is 5.83. The first kappa shape index (κ1) is 27.4. The lowest BCUT2D eigenvalue weighted by Gasteiger charge is -2.24. The van der Waals surface area contributed by atoms with Gasteiger partial charge in [0.05, 0.1) is 23.1 Å². The van der Waals surface area contributed by atoms with Crippen molar-refractivity contribution < 1.29 is 22.7 Å². The van der Waals surface area contributed by atoms with E-state index in [1.54, 1.807) is 50.2 Å². The molecule has 0 saturated heterocycles. The van der Waals surface area contributed by atoms with Crippen molar-refractivity contribution in [2.75, 3.05) is 5.73 Å². The lowest BCUT2D eigenvalue weighted by molar-refractivity contribution is -0.198. The van der Waals surface area contributed by atoms with Crippen LogP contribution in [-0.4, -0.2) is 37.9 Å². The Bertz CT molecular complexity index is 1500. The Labute approximate surface area is 220 Å². The molecule has 202 valence electrons. The van der Waals surface area contributed by atoms with Crippen LogP contribution in [0.15, 0.2) is 65.8 Å². The fraction of sp³-hybridized carbons (Fsp3) is 0.231. The van der Waals surface area contributed by atoms with Crippen LogP contribution in [-0.2, 0) is 11.2 Å². The van der Waals surface area contributed by atoms with Gasteiger partial charge in [-0.15, -0.1) is 4.91 Å². The molecule has 2 heterocycles. The van der Waals surface area contributed by atoms with Crippen LogP contribution in [0, 0.1) is 18.8 Å². The molecular formula is C26H24F3N7O3. The lowest BCUT2D eigenvalue weighted by atomic mass is 10.0. The topological polar surface area (TPSA) is 151 Å². The standard InChI is InChI=1S/C26H24F3N7O3/c1-14-11-15(2)36(34-14)21-6-4-3-5-18(21)23(26(27,28)29)39-22-13-20(32-25(31)33-22)17-9-7-16(8-10-17)12-19(30)24(37)35-38/h3-11,13,19,23H,12,30H2,1-2H3,(H2,31,32,33). The van der Waals surface area contributed by atoms with Gasteiger partial charge in [-0.3, -0.25) is 4.79 Å². The zero-order valence-electron chi connectivity index (χ0n) is 20.9. The number of ether oxygens (including phenoxy) is 1. The van der Waals surface area contributed by atoms with Crippen LogP contribution in [0.3, 0.4) is 0 Å². The molecule has 0 aliphatic heterocycles. The monoisotopic (exact) mass is 539 g/mol. The van der Waals surface area contributed by atoms with Crippen molar-refractivity contribution in [3.8, 4) is 22.8 Å². The van der Waals surface area contributed by atoms with Gasteiger partial charge in [0, 0.05) is 28.1 Å². The Balaban J connectivity index is 1.67. The van der Waals surface area contributed by atoms with Crippen LogP contribution >= 0.6 is 0 Å². The molecule has 13 heteroatoms. The first-order valence-electron chi connectivity index (χ1n) is 11.7. The minimum atomic E-state index is -4.81. The number of para-hydroxylation sites is 1. The van der Waals surface area contributed by atoms with Crippen molar-refractivity contribution in [3.63, 3.8) is 0 Å². The van der Waals surface area contributed by atoms with Gasteiger partial charge in [-0.1, -0.05) is 42.5 Å². The number of carbonyl (C=O) groups excluding carboxylic acids is 1. The number of carbonyl (C=O) groups is 1. The molecule has 1 amide bonds. The summed E-state index contributed by atoms with van der Waals surface area (Å²) in [5.74, 6) is -1.64. The molecule has 0 spiro atoms. The molecule has 4 rings (SSSR count). The van der Waals surface area contributed by atoms with E-state index in [0.717, 1.165) is 0 Å². The number of nitrogen functional groups attached to an aromatic ring is 1. The predicted octanol–water partition coefficient (Wildman–Crippen LogP) is 4.37. The number of nitrogens with two attached hydrogens (primary N) is 2. The second kappa shape index (κ2) is 11.0. The number of benzene rings is 2. The van der Waals surface area contributed by atoms with Gasteiger partial charge in [0.1, 0.15) is 0 Å². The van der Waals surface area contributed by atoms with Gasteiger partial charge >= 0.3 is 12.1 Å². The third-order valence-electron chi connectivity index (χ3n) is 5.83. The zero-order chi connectivity index (χ0) is 28.3. The number of anilines is 1. The quantitative estimate of drug-likeness (QED) is 0.313. The normalized spacial score (nSPS) is 13.1. The molecule has 0 aliphatic rings. The number of halogens is 3. The minimum Gasteiger partial charge on any atom is -0.459 e. The highest BCUT2D eigenvalue weighted by Crippen LogP contribution is 2.39. The number of alkyl halides is 3. The summed E-state index contributed by atoms with van der Waals surface area (Å²) in [7, 11) is 0. The van der Waals surface area contributed by atoms with Crippen LogP contribution in [0.2, 0.25) is 0 Å². The maximum atomic E-state index is 14.4. The van der Waals surface area contributed by atoms with Crippen molar-refractivity contribution in [2.45, 2.75) is 38.6 Å². The summed E-state index contributed by atoms with van der Waals surface area (Å²) in [4.78, 5) is 29.7. The average molecular weight is 540 g/mol.